The predicted molar refractivity (Wildman–Crippen MR) is 107 cm³/mol. The van der Waals surface area contributed by atoms with Crippen LogP contribution in [0.15, 0.2) is 71.1 Å². The molecule has 0 amide bonds. The first-order chi connectivity index (χ1) is 13.1. The highest BCUT2D eigenvalue weighted by Crippen LogP contribution is 2.31. The normalized spacial score (nSPS) is 11.5. The lowest BCUT2D eigenvalue weighted by Gasteiger charge is -2.03. The van der Waals surface area contributed by atoms with Crippen LogP contribution in [0.25, 0.3) is 45.0 Å². The average molecular weight is 354 g/mol. The Morgan fingerprint density at radius 2 is 1.70 bits per heavy atom. The third-order valence-electron chi connectivity index (χ3n) is 5.24. The van der Waals surface area contributed by atoms with E-state index in [-0.39, 0.29) is 0 Å². The molecule has 0 saturated carbocycles. The summed E-state index contributed by atoms with van der Waals surface area (Å²) in [5.41, 5.74) is 7.43. The van der Waals surface area contributed by atoms with Gasteiger partial charge in [0.1, 0.15) is 5.52 Å². The minimum atomic E-state index is 0.656. The van der Waals surface area contributed by atoms with Crippen molar-refractivity contribution in [3.8, 4) is 22.8 Å². The highest BCUT2D eigenvalue weighted by Gasteiger charge is 2.24. The molecule has 4 heteroatoms. The number of hydrogen-bond donors (Lipinski definition) is 0. The zero-order chi connectivity index (χ0) is 18.5. The van der Waals surface area contributed by atoms with Crippen LogP contribution in [0.5, 0.6) is 0 Å². The average Bonchev–Trinajstić information content (AvgIpc) is 3.21. The van der Waals surface area contributed by atoms with Crippen molar-refractivity contribution in [2.24, 2.45) is 14.1 Å². The molecule has 2 aromatic heterocycles. The van der Waals surface area contributed by atoms with E-state index in [0.29, 0.717) is 5.89 Å². The Balaban J connectivity index is 1.74. The van der Waals surface area contributed by atoms with Gasteiger partial charge in [0.2, 0.25) is 5.89 Å². The van der Waals surface area contributed by atoms with Crippen LogP contribution in [0.3, 0.4) is 0 Å². The van der Waals surface area contributed by atoms with Gasteiger partial charge in [0, 0.05) is 5.56 Å². The van der Waals surface area contributed by atoms with Gasteiger partial charge in [-0.3, -0.25) is 0 Å². The Bertz CT molecular complexity index is 1260. The fraction of sp³-hybridized carbons (Fsp3) is 0.130. The van der Waals surface area contributed by atoms with Crippen molar-refractivity contribution in [2.45, 2.75) is 6.92 Å². The maximum Gasteiger partial charge on any atom is 0.289 e. The Hall–Kier alpha value is -3.40. The highest BCUT2D eigenvalue weighted by atomic mass is 16.3. The number of oxazole rings is 1. The van der Waals surface area contributed by atoms with Gasteiger partial charge in [0.15, 0.2) is 16.6 Å². The largest absolute Gasteiger partial charge is 0.436 e. The molecule has 0 aliphatic heterocycles. The molecule has 4 nitrogen and oxygen atoms in total. The molecule has 2 heterocycles. The van der Waals surface area contributed by atoms with E-state index in [4.69, 9.17) is 9.40 Å². The van der Waals surface area contributed by atoms with Crippen LogP contribution >= 0.6 is 0 Å². The fourth-order valence-corrected chi connectivity index (χ4v) is 3.87. The molecule has 3 aromatic carbocycles. The summed E-state index contributed by atoms with van der Waals surface area (Å²) in [6, 6.07) is 22.7. The van der Waals surface area contributed by atoms with Crippen molar-refractivity contribution < 1.29 is 8.98 Å². The molecule has 0 fully saturated rings. The van der Waals surface area contributed by atoms with Crippen molar-refractivity contribution in [1.82, 2.24) is 9.55 Å². The van der Waals surface area contributed by atoms with Crippen LogP contribution in [0.2, 0.25) is 0 Å². The summed E-state index contributed by atoms with van der Waals surface area (Å²) in [6.45, 7) is 2.12. The molecule has 5 aromatic rings. The van der Waals surface area contributed by atoms with Gasteiger partial charge in [-0.05, 0) is 48.9 Å². The zero-order valence-corrected chi connectivity index (χ0v) is 15.6. The van der Waals surface area contributed by atoms with E-state index in [9.17, 15) is 0 Å². The number of aryl methyl sites for hydroxylation is 3. The van der Waals surface area contributed by atoms with Gasteiger partial charge in [0.05, 0.1) is 19.7 Å². The summed E-state index contributed by atoms with van der Waals surface area (Å²) in [6.07, 6.45) is 0. The van der Waals surface area contributed by atoms with Crippen molar-refractivity contribution in [1.29, 1.82) is 0 Å². The molecule has 132 valence electrons. The summed E-state index contributed by atoms with van der Waals surface area (Å²) in [7, 11) is 4.22. The first-order valence-electron chi connectivity index (χ1n) is 9.04. The summed E-state index contributed by atoms with van der Waals surface area (Å²) in [4.78, 5) is 4.74. The van der Waals surface area contributed by atoms with Crippen molar-refractivity contribution in [3.63, 3.8) is 0 Å². The SMILES string of the molecule is Cc1cc2oc(-c3ccccc3)nc2cc1-c1n(C)c2ccccc2[n+]1C. The van der Waals surface area contributed by atoms with E-state index >= 15 is 0 Å². The number of rotatable bonds is 2. The van der Waals surface area contributed by atoms with Crippen LogP contribution in [-0.4, -0.2) is 9.55 Å². The van der Waals surface area contributed by atoms with Gasteiger partial charge in [-0.15, -0.1) is 0 Å². The summed E-state index contributed by atoms with van der Waals surface area (Å²) < 4.78 is 10.5. The van der Waals surface area contributed by atoms with E-state index in [1.165, 1.54) is 16.6 Å². The number of hydrogen-bond acceptors (Lipinski definition) is 2. The zero-order valence-electron chi connectivity index (χ0n) is 15.6. The second-order valence-corrected chi connectivity index (χ2v) is 6.95. The van der Waals surface area contributed by atoms with Gasteiger partial charge in [-0.2, -0.15) is 0 Å². The topological polar surface area (TPSA) is 34.8 Å². The molecule has 5 rings (SSSR count). The van der Waals surface area contributed by atoms with Crippen LogP contribution in [0.1, 0.15) is 5.56 Å². The van der Waals surface area contributed by atoms with Gasteiger partial charge < -0.3 is 4.42 Å². The lowest BCUT2D eigenvalue weighted by molar-refractivity contribution is -0.634. The number of benzene rings is 3. The van der Waals surface area contributed by atoms with Gasteiger partial charge in [0.25, 0.3) is 5.82 Å². The van der Waals surface area contributed by atoms with Crippen LogP contribution in [0.4, 0.5) is 0 Å². The van der Waals surface area contributed by atoms with Crippen LogP contribution < -0.4 is 4.57 Å². The monoisotopic (exact) mass is 354 g/mol. The smallest absolute Gasteiger partial charge is 0.289 e. The highest BCUT2D eigenvalue weighted by molar-refractivity contribution is 5.84. The lowest BCUT2D eigenvalue weighted by atomic mass is 10.1. The molecule has 27 heavy (non-hydrogen) atoms. The van der Waals surface area contributed by atoms with Crippen LogP contribution in [-0.2, 0) is 14.1 Å². The molecule has 0 spiro atoms. The number of fused-ring (bicyclic) bond motifs is 2. The van der Waals surface area contributed by atoms with Crippen molar-refractivity contribution >= 4 is 22.1 Å². The Labute approximate surface area is 157 Å². The van der Waals surface area contributed by atoms with Crippen molar-refractivity contribution in [2.75, 3.05) is 0 Å². The van der Waals surface area contributed by atoms with E-state index in [1.54, 1.807) is 0 Å². The first-order valence-corrected chi connectivity index (χ1v) is 9.04. The third-order valence-corrected chi connectivity index (χ3v) is 5.24. The molecule has 0 saturated heterocycles. The molecular formula is C23H20N3O+. The van der Waals surface area contributed by atoms with Crippen molar-refractivity contribution in [3.05, 3.63) is 72.3 Å². The summed E-state index contributed by atoms with van der Waals surface area (Å²) in [5, 5.41) is 0. The molecule has 0 aliphatic carbocycles. The summed E-state index contributed by atoms with van der Waals surface area (Å²) in [5.74, 6) is 1.81. The maximum absolute atomic E-state index is 6.02. The fourth-order valence-electron chi connectivity index (χ4n) is 3.87. The molecule has 0 atom stereocenters. The lowest BCUT2D eigenvalue weighted by Crippen LogP contribution is -2.30. The minimum Gasteiger partial charge on any atom is -0.436 e. The number of imidazole rings is 1. The van der Waals surface area contributed by atoms with Crippen LogP contribution in [0, 0.1) is 6.92 Å². The molecular weight excluding hydrogens is 334 g/mol. The van der Waals surface area contributed by atoms with Gasteiger partial charge in [-0.1, -0.05) is 30.3 Å². The van der Waals surface area contributed by atoms with E-state index in [1.807, 2.05) is 30.3 Å². The van der Waals surface area contributed by atoms with E-state index in [2.05, 4.69) is 66.6 Å². The predicted octanol–water partition coefficient (Wildman–Crippen LogP) is 4.79. The van der Waals surface area contributed by atoms with E-state index in [0.717, 1.165) is 28.1 Å². The molecule has 0 unspecified atom stereocenters. The van der Waals surface area contributed by atoms with Gasteiger partial charge >= 0.3 is 0 Å². The Morgan fingerprint density at radius 3 is 2.48 bits per heavy atom. The molecule has 0 radical (unpaired) electrons. The molecule has 0 N–H and O–H groups in total. The number of aromatic nitrogens is 3. The molecule has 0 bridgehead atoms. The van der Waals surface area contributed by atoms with Gasteiger partial charge in [-0.25, -0.2) is 14.1 Å². The minimum absolute atomic E-state index is 0.656. The maximum atomic E-state index is 6.02. The summed E-state index contributed by atoms with van der Waals surface area (Å²) >= 11 is 0. The second kappa shape index (κ2) is 5.81. The Kier molecular flexibility index (Phi) is 3.41. The standard InChI is InChI=1S/C23H20N3O/c1-15-13-21-18(24-22(27-21)16-9-5-4-6-10-16)14-17(15)23-25(2)19-11-7-8-12-20(19)26(23)3/h4-14H,1-3H3/q+1. The number of nitrogens with zero attached hydrogens (tertiary/aromatic N) is 3. The van der Waals surface area contributed by atoms with E-state index < -0.39 is 0 Å². The molecule has 0 aliphatic rings. The quantitative estimate of drug-likeness (QED) is 0.427. The second-order valence-electron chi connectivity index (χ2n) is 6.95. The third kappa shape index (κ3) is 2.37. The number of para-hydroxylation sites is 2. The first kappa shape index (κ1) is 15.8. The Morgan fingerprint density at radius 1 is 0.963 bits per heavy atom.